The van der Waals surface area contributed by atoms with Crippen LogP contribution in [0.1, 0.15) is 46.5 Å². The van der Waals surface area contributed by atoms with Gasteiger partial charge >= 0.3 is 0 Å². The molecule has 0 radical (unpaired) electrons. The molecule has 0 bridgehead atoms. The maximum atomic E-state index is 13.0. The first-order valence-electron chi connectivity index (χ1n) is 11.0. The predicted molar refractivity (Wildman–Crippen MR) is 122 cm³/mol. The number of nitrogens with zero attached hydrogens (tertiary/aromatic N) is 2. The summed E-state index contributed by atoms with van der Waals surface area (Å²) in [7, 11) is 0. The van der Waals surface area contributed by atoms with Crippen molar-refractivity contribution in [2.75, 3.05) is 19.0 Å². The average Bonchev–Trinajstić information content (AvgIpc) is 2.74. The number of benzene rings is 1. The Morgan fingerprint density at radius 1 is 1.30 bits per heavy atom. The second-order valence-electron chi connectivity index (χ2n) is 8.15. The highest BCUT2D eigenvalue weighted by Crippen LogP contribution is 2.29. The van der Waals surface area contributed by atoms with Crippen molar-refractivity contribution in [2.24, 2.45) is 11.8 Å². The molecule has 1 aliphatic rings. The maximum absolute atomic E-state index is 13.0. The van der Waals surface area contributed by atoms with E-state index >= 15 is 0 Å². The Bertz CT molecular complexity index is 914. The highest BCUT2D eigenvalue weighted by atomic mass is 32.2. The average molecular weight is 432 g/mol. The molecule has 6 nitrogen and oxygen atoms in total. The number of fused-ring (bicyclic) bond motifs is 1. The lowest BCUT2D eigenvalue weighted by Gasteiger charge is -2.34. The van der Waals surface area contributed by atoms with Crippen LogP contribution in [0.25, 0.3) is 10.9 Å². The van der Waals surface area contributed by atoms with E-state index in [0.29, 0.717) is 47.7 Å². The summed E-state index contributed by atoms with van der Waals surface area (Å²) in [4.78, 5) is 30.3. The van der Waals surface area contributed by atoms with Crippen LogP contribution in [0.2, 0.25) is 0 Å². The highest BCUT2D eigenvalue weighted by molar-refractivity contribution is 7.99. The van der Waals surface area contributed by atoms with Gasteiger partial charge in [-0.1, -0.05) is 50.6 Å². The minimum atomic E-state index is -0.0604. The molecule has 0 unspecified atom stereocenters. The summed E-state index contributed by atoms with van der Waals surface area (Å²) in [6, 6.07) is 7.61. The van der Waals surface area contributed by atoms with Gasteiger partial charge in [-0.15, -0.1) is 0 Å². The Morgan fingerprint density at radius 3 is 2.90 bits per heavy atom. The van der Waals surface area contributed by atoms with Gasteiger partial charge in [0.2, 0.25) is 5.91 Å². The van der Waals surface area contributed by atoms with Gasteiger partial charge in [-0.3, -0.25) is 14.2 Å². The van der Waals surface area contributed by atoms with Crippen molar-refractivity contribution in [3.8, 4) is 0 Å². The van der Waals surface area contributed by atoms with E-state index in [-0.39, 0.29) is 23.3 Å². The van der Waals surface area contributed by atoms with Gasteiger partial charge in [0.1, 0.15) is 0 Å². The molecule has 30 heavy (non-hydrogen) atoms. The van der Waals surface area contributed by atoms with Crippen LogP contribution in [0.15, 0.2) is 34.2 Å². The first-order chi connectivity index (χ1) is 14.5. The summed E-state index contributed by atoms with van der Waals surface area (Å²) in [6.45, 7) is 8.22. The number of carbonyl (C=O) groups excluding carboxylic acids is 1. The Hall–Kier alpha value is -1.86. The number of nitrogens with one attached hydrogen (secondary N) is 1. The van der Waals surface area contributed by atoms with Crippen LogP contribution in [0.4, 0.5) is 0 Å². The molecule has 1 heterocycles. The van der Waals surface area contributed by atoms with Crippen molar-refractivity contribution in [2.45, 2.75) is 64.2 Å². The molecule has 3 atom stereocenters. The van der Waals surface area contributed by atoms with E-state index in [0.717, 1.165) is 19.3 Å². The first kappa shape index (κ1) is 22.8. The Kier molecular flexibility index (Phi) is 8.33. The third kappa shape index (κ3) is 5.64. The van der Waals surface area contributed by atoms with E-state index in [1.807, 2.05) is 25.1 Å². The van der Waals surface area contributed by atoms with Crippen LogP contribution < -0.4 is 10.9 Å². The molecular formula is C23H33N3O3S. The zero-order chi connectivity index (χ0) is 21.5. The summed E-state index contributed by atoms with van der Waals surface area (Å²) in [5.41, 5.74) is 0.607. The molecule has 1 N–H and O–H groups in total. The molecular weight excluding hydrogens is 398 g/mol. The van der Waals surface area contributed by atoms with Crippen molar-refractivity contribution >= 4 is 28.6 Å². The largest absolute Gasteiger partial charge is 0.382 e. The standard InChI is InChI=1S/C23H33N3O3S/c1-4-29-14-8-13-26-22(28)18-10-5-6-11-20(18)25-23(26)30-15-21(27)24-19-12-7-9-16(2)17(19)3/h5-6,10-11,16-17,19H,4,7-9,12-15H2,1-3H3,(H,24,27)/t16-,17-,19+/m0/s1. The SMILES string of the molecule is CCOCCCn1c(SCC(=O)N[C@@H]2CCC[C@H](C)[C@@H]2C)nc2ccccc2c1=O. The maximum Gasteiger partial charge on any atom is 0.262 e. The number of para-hydroxylation sites is 1. The summed E-state index contributed by atoms with van der Waals surface area (Å²) in [5, 5.41) is 4.40. The Labute approximate surface area is 182 Å². The molecule has 164 valence electrons. The quantitative estimate of drug-likeness (QED) is 0.371. The van der Waals surface area contributed by atoms with E-state index in [1.54, 1.807) is 10.6 Å². The minimum absolute atomic E-state index is 0.00854. The van der Waals surface area contributed by atoms with Crippen molar-refractivity contribution in [3.63, 3.8) is 0 Å². The van der Waals surface area contributed by atoms with Crippen LogP contribution in [0, 0.1) is 11.8 Å². The molecule has 1 saturated carbocycles. The van der Waals surface area contributed by atoms with Crippen LogP contribution >= 0.6 is 11.8 Å². The van der Waals surface area contributed by atoms with Crippen molar-refractivity contribution < 1.29 is 9.53 Å². The molecule has 1 aliphatic carbocycles. The lowest BCUT2D eigenvalue weighted by Crippen LogP contribution is -2.44. The number of amides is 1. The number of thioether (sulfide) groups is 1. The zero-order valence-corrected chi connectivity index (χ0v) is 19.0. The summed E-state index contributed by atoms with van der Waals surface area (Å²) < 4.78 is 7.10. The summed E-state index contributed by atoms with van der Waals surface area (Å²) >= 11 is 1.34. The van der Waals surface area contributed by atoms with Crippen molar-refractivity contribution in [1.29, 1.82) is 0 Å². The molecule has 0 saturated heterocycles. The number of ether oxygens (including phenoxy) is 1. The van der Waals surface area contributed by atoms with Gasteiger partial charge in [0.05, 0.1) is 16.7 Å². The number of hydrogen-bond acceptors (Lipinski definition) is 5. The van der Waals surface area contributed by atoms with Crippen molar-refractivity contribution in [1.82, 2.24) is 14.9 Å². The van der Waals surface area contributed by atoms with Crippen LogP contribution in [0.5, 0.6) is 0 Å². The summed E-state index contributed by atoms with van der Waals surface area (Å²) in [5.74, 6) is 1.39. The smallest absolute Gasteiger partial charge is 0.262 e. The Morgan fingerprint density at radius 2 is 2.10 bits per heavy atom. The monoisotopic (exact) mass is 431 g/mol. The number of rotatable bonds is 9. The van der Waals surface area contributed by atoms with Crippen LogP contribution in [-0.2, 0) is 16.1 Å². The number of aromatic nitrogens is 2. The van der Waals surface area contributed by atoms with Crippen LogP contribution in [0.3, 0.4) is 0 Å². The van der Waals surface area contributed by atoms with Gasteiger partial charge in [-0.25, -0.2) is 4.98 Å². The van der Waals surface area contributed by atoms with Gasteiger partial charge in [0.25, 0.3) is 5.56 Å². The topological polar surface area (TPSA) is 73.2 Å². The van der Waals surface area contributed by atoms with E-state index in [4.69, 9.17) is 4.74 Å². The fourth-order valence-corrected chi connectivity index (χ4v) is 4.92. The Balaban J connectivity index is 1.71. The third-order valence-electron chi connectivity index (χ3n) is 6.09. The summed E-state index contributed by atoms with van der Waals surface area (Å²) in [6.07, 6.45) is 4.16. The van der Waals surface area contributed by atoms with Gasteiger partial charge in [-0.05, 0) is 43.7 Å². The van der Waals surface area contributed by atoms with Gasteiger partial charge < -0.3 is 10.1 Å². The molecule has 0 aliphatic heterocycles. The van der Waals surface area contributed by atoms with E-state index in [2.05, 4.69) is 24.1 Å². The van der Waals surface area contributed by atoms with Crippen molar-refractivity contribution in [3.05, 3.63) is 34.6 Å². The lowest BCUT2D eigenvalue weighted by molar-refractivity contribution is -0.120. The molecule has 1 aromatic carbocycles. The number of hydrogen-bond donors (Lipinski definition) is 1. The second-order valence-corrected chi connectivity index (χ2v) is 9.09. The van der Waals surface area contributed by atoms with Gasteiger partial charge in [-0.2, -0.15) is 0 Å². The minimum Gasteiger partial charge on any atom is -0.382 e. The highest BCUT2D eigenvalue weighted by Gasteiger charge is 2.28. The van der Waals surface area contributed by atoms with E-state index in [9.17, 15) is 9.59 Å². The van der Waals surface area contributed by atoms with E-state index in [1.165, 1.54) is 18.2 Å². The molecule has 1 fully saturated rings. The number of carbonyl (C=O) groups is 1. The molecule has 1 aromatic heterocycles. The molecule has 0 spiro atoms. The third-order valence-corrected chi connectivity index (χ3v) is 7.06. The fourth-order valence-electron chi connectivity index (χ4n) is 4.09. The first-order valence-corrected chi connectivity index (χ1v) is 12.0. The second kappa shape index (κ2) is 11.0. The molecule has 3 rings (SSSR count). The lowest BCUT2D eigenvalue weighted by atomic mass is 9.78. The predicted octanol–water partition coefficient (Wildman–Crippen LogP) is 3.86. The normalized spacial score (nSPS) is 21.6. The molecule has 1 amide bonds. The molecule has 7 heteroatoms. The van der Waals surface area contributed by atoms with E-state index < -0.39 is 0 Å². The van der Waals surface area contributed by atoms with Crippen LogP contribution in [-0.4, -0.2) is 40.5 Å². The fraction of sp³-hybridized carbons (Fsp3) is 0.609. The van der Waals surface area contributed by atoms with Gasteiger partial charge in [0.15, 0.2) is 5.16 Å². The van der Waals surface area contributed by atoms with Gasteiger partial charge in [0, 0.05) is 25.8 Å². The molecule has 2 aromatic rings. The zero-order valence-electron chi connectivity index (χ0n) is 18.2.